The van der Waals surface area contributed by atoms with Crippen LogP contribution in [0.15, 0.2) is 51.8 Å². The van der Waals surface area contributed by atoms with Gasteiger partial charge in [0.1, 0.15) is 5.58 Å². The fourth-order valence-corrected chi connectivity index (χ4v) is 5.55. The molecule has 31 heavy (non-hydrogen) atoms. The smallest absolute Gasteiger partial charge is 0.287 e. The van der Waals surface area contributed by atoms with Gasteiger partial charge >= 0.3 is 0 Å². The van der Waals surface area contributed by atoms with E-state index >= 15 is 0 Å². The van der Waals surface area contributed by atoms with Crippen molar-refractivity contribution >= 4 is 38.5 Å². The number of hydrogen-bond acceptors (Lipinski definition) is 4. The molecule has 2 aromatic carbocycles. The van der Waals surface area contributed by atoms with Gasteiger partial charge in [0.05, 0.1) is 4.90 Å². The molecule has 1 aromatic heterocycles. The molecule has 1 fully saturated rings. The lowest BCUT2D eigenvalue weighted by atomic mass is 10.0. The molecule has 8 heteroatoms. The Morgan fingerprint density at radius 1 is 1.19 bits per heavy atom. The molecule has 0 bridgehead atoms. The molecule has 1 saturated heterocycles. The average molecular weight is 461 g/mol. The van der Waals surface area contributed by atoms with Crippen molar-refractivity contribution in [2.24, 2.45) is 5.92 Å². The maximum absolute atomic E-state index is 13.1. The van der Waals surface area contributed by atoms with Crippen molar-refractivity contribution in [1.29, 1.82) is 0 Å². The van der Waals surface area contributed by atoms with Gasteiger partial charge in [-0.3, -0.25) is 4.79 Å². The lowest BCUT2D eigenvalue weighted by Crippen LogP contribution is -2.37. The maximum atomic E-state index is 13.1. The van der Waals surface area contributed by atoms with Crippen molar-refractivity contribution in [3.63, 3.8) is 0 Å². The number of fused-ring (bicyclic) bond motifs is 1. The summed E-state index contributed by atoms with van der Waals surface area (Å²) in [6.07, 6.45) is 1.73. The van der Waals surface area contributed by atoms with E-state index in [-0.39, 0.29) is 23.1 Å². The van der Waals surface area contributed by atoms with E-state index in [4.69, 9.17) is 16.0 Å². The standard InChI is InChI=1S/C23H25ClN2O4S/c1-15-9-11-26(12-10-15)31(28,29)18-7-8-21-19(13-18)16(2)22(30-21)23(27)25-14-17-5-3-4-6-20(17)24/h3-8,13,15H,9-12,14H2,1-2H3,(H,25,27). The summed E-state index contributed by atoms with van der Waals surface area (Å²) in [4.78, 5) is 12.9. The Bertz CT molecular complexity index is 1230. The van der Waals surface area contributed by atoms with Crippen LogP contribution in [0.2, 0.25) is 5.02 Å². The molecule has 0 aliphatic carbocycles. The molecule has 164 valence electrons. The molecular weight excluding hydrogens is 436 g/mol. The Morgan fingerprint density at radius 2 is 1.90 bits per heavy atom. The molecule has 0 atom stereocenters. The van der Waals surface area contributed by atoms with Crippen molar-refractivity contribution in [3.8, 4) is 0 Å². The highest BCUT2D eigenvalue weighted by atomic mass is 35.5. The van der Waals surface area contributed by atoms with Crippen molar-refractivity contribution in [2.75, 3.05) is 13.1 Å². The summed E-state index contributed by atoms with van der Waals surface area (Å²) in [5.41, 5.74) is 1.89. The normalized spacial score (nSPS) is 16.0. The van der Waals surface area contributed by atoms with Crippen molar-refractivity contribution in [1.82, 2.24) is 9.62 Å². The molecular formula is C23H25ClN2O4S. The second-order valence-corrected chi connectivity index (χ2v) is 10.4. The Morgan fingerprint density at radius 3 is 2.61 bits per heavy atom. The van der Waals surface area contributed by atoms with E-state index in [0.717, 1.165) is 18.4 Å². The first kappa shape index (κ1) is 21.9. The Kier molecular flexibility index (Phi) is 6.10. The van der Waals surface area contributed by atoms with Gasteiger partial charge in [0.25, 0.3) is 5.91 Å². The van der Waals surface area contributed by atoms with Crippen molar-refractivity contribution < 1.29 is 17.6 Å². The SMILES string of the molecule is Cc1c(C(=O)NCc2ccccc2Cl)oc2ccc(S(=O)(=O)N3CCC(C)CC3)cc12. The molecule has 0 radical (unpaired) electrons. The summed E-state index contributed by atoms with van der Waals surface area (Å²) in [6, 6.07) is 12.0. The fraction of sp³-hybridized carbons (Fsp3) is 0.348. The van der Waals surface area contributed by atoms with Gasteiger partial charge in [0.15, 0.2) is 5.76 Å². The first-order valence-corrected chi connectivity index (χ1v) is 12.1. The molecule has 1 amide bonds. The van der Waals surface area contributed by atoms with Crippen LogP contribution in [0.3, 0.4) is 0 Å². The molecule has 1 aliphatic rings. The first-order chi connectivity index (χ1) is 14.8. The van der Waals surface area contributed by atoms with Crippen LogP contribution in [-0.4, -0.2) is 31.7 Å². The number of carbonyl (C=O) groups excluding carboxylic acids is 1. The van der Waals surface area contributed by atoms with Crippen LogP contribution in [0.4, 0.5) is 0 Å². The monoisotopic (exact) mass is 460 g/mol. The zero-order valence-corrected chi connectivity index (χ0v) is 19.1. The molecule has 4 rings (SSSR count). The number of piperidine rings is 1. The van der Waals surface area contributed by atoms with Gasteiger partial charge < -0.3 is 9.73 Å². The predicted molar refractivity (Wildman–Crippen MR) is 121 cm³/mol. The number of furan rings is 1. The number of rotatable bonds is 5. The molecule has 0 spiro atoms. The minimum absolute atomic E-state index is 0.170. The second kappa shape index (κ2) is 8.65. The molecule has 2 heterocycles. The van der Waals surface area contributed by atoms with Gasteiger partial charge in [-0.1, -0.05) is 36.7 Å². The van der Waals surface area contributed by atoms with E-state index in [9.17, 15) is 13.2 Å². The van der Waals surface area contributed by atoms with Gasteiger partial charge in [-0.05, 0) is 55.5 Å². The van der Waals surface area contributed by atoms with Gasteiger partial charge in [-0.25, -0.2) is 8.42 Å². The second-order valence-electron chi connectivity index (χ2n) is 8.07. The van der Waals surface area contributed by atoms with Gasteiger partial charge in [-0.15, -0.1) is 0 Å². The largest absolute Gasteiger partial charge is 0.451 e. The van der Waals surface area contributed by atoms with Gasteiger partial charge in [0.2, 0.25) is 10.0 Å². The number of hydrogen-bond donors (Lipinski definition) is 1. The molecule has 6 nitrogen and oxygen atoms in total. The molecule has 0 unspecified atom stereocenters. The topological polar surface area (TPSA) is 79.6 Å². The number of benzene rings is 2. The highest BCUT2D eigenvalue weighted by molar-refractivity contribution is 7.89. The summed E-state index contributed by atoms with van der Waals surface area (Å²) in [6.45, 7) is 5.23. The zero-order valence-electron chi connectivity index (χ0n) is 17.5. The first-order valence-electron chi connectivity index (χ1n) is 10.3. The molecule has 3 aromatic rings. The van der Waals surface area contributed by atoms with Crippen LogP contribution in [-0.2, 0) is 16.6 Å². The highest BCUT2D eigenvalue weighted by Gasteiger charge is 2.29. The molecule has 1 aliphatic heterocycles. The van der Waals surface area contributed by atoms with E-state index in [0.29, 0.717) is 40.6 Å². The highest BCUT2D eigenvalue weighted by Crippen LogP contribution is 2.30. The predicted octanol–water partition coefficient (Wildman–Crippen LogP) is 4.75. The van der Waals surface area contributed by atoms with E-state index in [2.05, 4.69) is 12.2 Å². The fourth-order valence-electron chi connectivity index (χ4n) is 3.85. The van der Waals surface area contributed by atoms with Crippen molar-refractivity contribution in [3.05, 3.63) is 64.4 Å². The van der Waals surface area contributed by atoms with Gasteiger partial charge in [0, 0.05) is 35.6 Å². The van der Waals surface area contributed by atoms with Crippen LogP contribution in [0.5, 0.6) is 0 Å². The minimum atomic E-state index is -3.58. The van der Waals surface area contributed by atoms with E-state index in [1.807, 2.05) is 18.2 Å². The van der Waals surface area contributed by atoms with E-state index in [1.165, 1.54) is 0 Å². The van der Waals surface area contributed by atoms with E-state index in [1.54, 1.807) is 35.5 Å². The Balaban J connectivity index is 1.58. The Labute approximate surface area is 187 Å². The third-order valence-electron chi connectivity index (χ3n) is 5.89. The number of sulfonamides is 1. The third-order valence-corrected chi connectivity index (χ3v) is 8.15. The Hall–Kier alpha value is -2.35. The number of amides is 1. The van der Waals surface area contributed by atoms with Crippen molar-refractivity contribution in [2.45, 2.75) is 38.1 Å². The van der Waals surface area contributed by atoms with Gasteiger partial charge in [-0.2, -0.15) is 4.31 Å². The molecule has 1 N–H and O–H groups in total. The number of aryl methyl sites for hydroxylation is 1. The molecule has 0 saturated carbocycles. The number of nitrogens with zero attached hydrogens (tertiary/aromatic N) is 1. The minimum Gasteiger partial charge on any atom is -0.451 e. The summed E-state index contributed by atoms with van der Waals surface area (Å²) >= 11 is 6.15. The van der Waals surface area contributed by atoms with Crippen LogP contribution < -0.4 is 5.32 Å². The number of halogens is 1. The van der Waals surface area contributed by atoms with Crippen LogP contribution in [0, 0.1) is 12.8 Å². The average Bonchev–Trinajstić information content (AvgIpc) is 3.09. The lowest BCUT2D eigenvalue weighted by Gasteiger charge is -2.29. The third kappa shape index (κ3) is 4.35. The quantitative estimate of drug-likeness (QED) is 0.596. The van der Waals surface area contributed by atoms with Crippen LogP contribution in [0.25, 0.3) is 11.0 Å². The lowest BCUT2D eigenvalue weighted by molar-refractivity contribution is 0.0924. The summed E-state index contributed by atoms with van der Waals surface area (Å²) in [5, 5.41) is 4.01. The summed E-state index contributed by atoms with van der Waals surface area (Å²) in [5.74, 6) is 0.336. The zero-order chi connectivity index (χ0) is 22.2. The summed E-state index contributed by atoms with van der Waals surface area (Å²) in [7, 11) is -3.58. The van der Waals surface area contributed by atoms with Crippen LogP contribution >= 0.6 is 11.6 Å². The maximum Gasteiger partial charge on any atom is 0.287 e. The van der Waals surface area contributed by atoms with Crippen LogP contribution in [0.1, 0.15) is 41.4 Å². The summed E-state index contributed by atoms with van der Waals surface area (Å²) < 4.78 is 33.5. The van der Waals surface area contributed by atoms with E-state index < -0.39 is 10.0 Å². The number of carbonyl (C=O) groups is 1. The number of nitrogens with one attached hydrogen (secondary N) is 1.